The van der Waals surface area contributed by atoms with Crippen LogP contribution in [0, 0.1) is 0 Å². The first-order valence-corrected chi connectivity index (χ1v) is 7.00. The molecule has 0 saturated heterocycles. The van der Waals surface area contributed by atoms with Gasteiger partial charge < -0.3 is 20.1 Å². The molecule has 1 aromatic rings. The van der Waals surface area contributed by atoms with Gasteiger partial charge in [-0.15, -0.1) is 0 Å². The van der Waals surface area contributed by atoms with E-state index < -0.39 is 0 Å². The summed E-state index contributed by atoms with van der Waals surface area (Å²) in [6.07, 6.45) is 0. The fraction of sp³-hybridized carbons (Fsp3) is 0.500. The number of hydrogen-bond donors (Lipinski definition) is 2. The molecule has 1 amide bonds. The highest BCUT2D eigenvalue weighted by molar-refractivity contribution is 6.30. The van der Waals surface area contributed by atoms with E-state index in [2.05, 4.69) is 13.8 Å². The van der Waals surface area contributed by atoms with Gasteiger partial charge in [0.2, 0.25) is 0 Å². The first-order chi connectivity index (χ1) is 9.47. The topological polar surface area (TPSA) is 66.0 Å². The Kier molecular flexibility index (Phi) is 4.86. The molecule has 1 atom stereocenters. The Bertz CT molecular complexity index is 505. The van der Waals surface area contributed by atoms with Crippen LogP contribution in [-0.2, 0) is 22.7 Å². The summed E-state index contributed by atoms with van der Waals surface area (Å²) in [5.41, 5.74) is 7.25. The highest BCUT2D eigenvalue weighted by Gasteiger charge is 2.22. The summed E-state index contributed by atoms with van der Waals surface area (Å²) in [5.74, 6) is 0.511. The predicted molar refractivity (Wildman–Crippen MR) is 75.6 cm³/mol. The molecule has 5 nitrogen and oxygen atoms in total. The Morgan fingerprint density at radius 1 is 1.50 bits per heavy atom. The largest absolute Gasteiger partial charge is 0.467 e. The average Bonchev–Trinajstić information content (AvgIpc) is 2.37. The number of rotatable bonds is 5. The summed E-state index contributed by atoms with van der Waals surface area (Å²) in [5, 5.41) is 0.648. The minimum atomic E-state index is -0.311. The van der Waals surface area contributed by atoms with Gasteiger partial charge in [-0.05, 0) is 26.0 Å². The van der Waals surface area contributed by atoms with E-state index in [1.807, 2.05) is 12.1 Å². The molecule has 0 fully saturated rings. The van der Waals surface area contributed by atoms with Gasteiger partial charge in [0.1, 0.15) is 12.3 Å². The van der Waals surface area contributed by atoms with Crippen LogP contribution in [0.5, 0.6) is 5.75 Å². The molecule has 1 aliphatic heterocycles. The van der Waals surface area contributed by atoms with Gasteiger partial charge in [-0.25, -0.2) is 0 Å². The van der Waals surface area contributed by atoms with E-state index in [4.69, 9.17) is 26.8 Å². The Balaban J connectivity index is 2.27. The van der Waals surface area contributed by atoms with Crippen LogP contribution in [0.3, 0.4) is 0 Å². The van der Waals surface area contributed by atoms with Crippen molar-refractivity contribution >= 4 is 17.5 Å². The fourth-order valence-corrected chi connectivity index (χ4v) is 2.59. The third kappa shape index (κ3) is 3.62. The van der Waals surface area contributed by atoms with E-state index in [0.717, 1.165) is 21.8 Å². The first-order valence-electron chi connectivity index (χ1n) is 6.62. The van der Waals surface area contributed by atoms with Gasteiger partial charge in [0, 0.05) is 10.6 Å². The molecule has 1 heterocycles. The van der Waals surface area contributed by atoms with Crippen LogP contribution in [0.25, 0.3) is 0 Å². The number of amides is 1. The molecule has 1 aromatic carbocycles. The number of carbonyl (C=O) groups is 1. The first kappa shape index (κ1) is 15.1. The molecule has 110 valence electrons. The van der Waals surface area contributed by atoms with Gasteiger partial charge in [-0.2, -0.15) is 0 Å². The number of carbonyl (C=O) groups excluding carboxylic acids is 1. The van der Waals surface area contributed by atoms with Gasteiger partial charge in [-0.1, -0.05) is 11.6 Å². The fourth-order valence-electron chi connectivity index (χ4n) is 2.33. The van der Waals surface area contributed by atoms with Crippen molar-refractivity contribution in [1.82, 2.24) is 0 Å². The summed E-state index contributed by atoms with van der Waals surface area (Å²) >= 11 is 6.14. The minimum Gasteiger partial charge on any atom is -0.467 e. The van der Waals surface area contributed by atoms with Crippen LogP contribution in [0.1, 0.15) is 25.0 Å². The third-order valence-electron chi connectivity index (χ3n) is 3.39. The number of quaternary nitrogens is 1. The highest BCUT2D eigenvalue weighted by Crippen LogP contribution is 2.31. The molecular formula is C14H20ClN2O3+. The summed E-state index contributed by atoms with van der Waals surface area (Å²) in [6, 6.07) is 4.01. The molecule has 20 heavy (non-hydrogen) atoms. The van der Waals surface area contributed by atoms with Crippen molar-refractivity contribution in [1.29, 1.82) is 0 Å². The molecular weight excluding hydrogens is 280 g/mol. The number of nitrogens with one attached hydrogen (secondary N) is 1. The van der Waals surface area contributed by atoms with Crippen molar-refractivity contribution in [3.63, 3.8) is 0 Å². The molecule has 0 aromatic heterocycles. The van der Waals surface area contributed by atoms with Crippen molar-refractivity contribution in [2.75, 3.05) is 13.3 Å². The Morgan fingerprint density at radius 2 is 2.25 bits per heavy atom. The SMILES string of the molecule is CC(C)[NH+](CC(N)=O)Cc1cc(Cl)cc2c1OCOC2. The van der Waals surface area contributed by atoms with Crippen LogP contribution >= 0.6 is 11.6 Å². The number of hydrogen-bond acceptors (Lipinski definition) is 3. The Hall–Kier alpha value is -1.30. The average molecular weight is 300 g/mol. The molecule has 0 radical (unpaired) electrons. The summed E-state index contributed by atoms with van der Waals surface area (Å²) in [4.78, 5) is 12.3. The molecule has 0 aliphatic carbocycles. The Labute approximate surface area is 123 Å². The highest BCUT2D eigenvalue weighted by atomic mass is 35.5. The third-order valence-corrected chi connectivity index (χ3v) is 3.61. The van der Waals surface area contributed by atoms with Crippen LogP contribution in [0.15, 0.2) is 12.1 Å². The molecule has 1 aliphatic rings. The van der Waals surface area contributed by atoms with Gasteiger partial charge in [0.25, 0.3) is 5.91 Å². The smallest absolute Gasteiger partial charge is 0.272 e. The molecule has 0 bridgehead atoms. The van der Waals surface area contributed by atoms with E-state index in [9.17, 15) is 4.79 Å². The number of halogens is 1. The number of benzene rings is 1. The van der Waals surface area contributed by atoms with Gasteiger partial charge in [-0.3, -0.25) is 4.79 Å². The second kappa shape index (κ2) is 6.43. The number of nitrogens with two attached hydrogens (primary N) is 1. The maximum Gasteiger partial charge on any atom is 0.272 e. The van der Waals surface area contributed by atoms with E-state index >= 15 is 0 Å². The van der Waals surface area contributed by atoms with Gasteiger partial charge in [0.05, 0.1) is 18.2 Å². The number of fused-ring (bicyclic) bond motifs is 1. The van der Waals surface area contributed by atoms with E-state index in [1.54, 1.807) is 0 Å². The van der Waals surface area contributed by atoms with E-state index in [0.29, 0.717) is 18.2 Å². The van der Waals surface area contributed by atoms with E-state index in [1.165, 1.54) is 0 Å². The van der Waals surface area contributed by atoms with Crippen LogP contribution < -0.4 is 15.4 Å². The second-order valence-corrected chi connectivity index (χ2v) is 5.73. The van der Waals surface area contributed by atoms with Crippen LogP contribution in [0.2, 0.25) is 5.02 Å². The molecule has 1 unspecified atom stereocenters. The van der Waals surface area contributed by atoms with Crippen LogP contribution in [-0.4, -0.2) is 25.3 Å². The van der Waals surface area contributed by atoms with Gasteiger partial charge >= 0.3 is 0 Å². The molecule has 0 saturated carbocycles. The van der Waals surface area contributed by atoms with Crippen molar-refractivity contribution in [3.8, 4) is 5.75 Å². The minimum absolute atomic E-state index is 0.245. The lowest BCUT2D eigenvalue weighted by atomic mass is 10.1. The lowest BCUT2D eigenvalue weighted by Gasteiger charge is -2.26. The van der Waals surface area contributed by atoms with Crippen molar-refractivity contribution in [3.05, 3.63) is 28.3 Å². The molecule has 0 spiro atoms. The van der Waals surface area contributed by atoms with Crippen molar-refractivity contribution in [2.24, 2.45) is 5.73 Å². The normalized spacial score (nSPS) is 15.6. The summed E-state index contributed by atoms with van der Waals surface area (Å²) in [6.45, 7) is 5.78. The zero-order valence-corrected chi connectivity index (χ0v) is 12.5. The predicted octanol–water partition coefficient (Wildman–Crippen LogP) is 0.485. The molecule has 2 rings (SSSR count). The zero-order valence-electron chi connectivity index (χ0n) is 11.7. The zero-order chi connectivity index (χ0) is 14.7. The van der Waals surface area contributed by atoms with Crippen molar-refractivity contribution < 1.29 is 19.2 Å². The van der Waals surface area contributed by atoms with E-state index in [-0.39, 0.29) is 25.3 Å². The number of primary amides is 1. The second-order valence-electron chi connectivity index (χ2n) is 5.30. The maximum absolute atomic E-state index is 11.2. The van der Waals surface area contributed by atoms with Crippen molar-refractivity contribution in [2.45, 2.75) is 33.0 Å². The maximum atomic E-state index is 11.2. The Morgan fingerprint density at radius 3 is 2.90 bits per heavy atom. The standard InChI is InChI=1S/C14H19ClN2O3/c1-9(2)17(6-13(16)18)5-10-3-12(15)4-11-7-19-8-20-14(10)11/h3-4,9H,5-8H2,1-2H3,(H2,16,18)/p+1. The quantitative estimate of drug-likeness (QED) is 0.831. The lowest BCUT2D eigenvalue weighted by Crippen LogP contribution is -3.14. The van der Waals surface area contributed by atoms with Gasteiger partial charge in [0.15, 0.2) is 13.3 Å². The monoisotopic (exact) mass is 299 g/mol. The number of ether oxygens (including phenoxy) is 2. The molecule has 3 N–H and O–H groups in total. The summed E-state index contributed by atoms with van der Waals surface area (Å²) in [7, 11) is 0. The summed E-state index contributed by atoms with van der Waals surface area (Å²) < 4.78 is 10.8. The van der Waals surface area contributed by atoms with Crippen LogP contribution in [0.4, 0.5) is 0 Å². The lowest BCUT2D eigenvalue weighted by molar-refractivity contribution is -0.927. The molecule has 6 heteroatoms.